The van der Waals surface area contributed by atoms with Crippen molar-refractivity contribution in [2.24, 2.45) is 0 Å². The van der Waals surface area contributed by atoms with Crippen LogP contribution in [0.15, 0.2) is 114 Å². The van der Waals surface area contributed by atoms with Crippen LogP contribution in [0.5, 0.6) is 0 Å². The van der Waals surface area contributed by atoms with E-state index in [4.69, 9.17) is 9.47 Å². The topological polar surface area (TPSA) is 52.6 Å². The van der Waals surface area contributed by atoms with Crippen LogP contribution < -0.4 is 15.9 Å². The van der Waals surface area contributed by atoms with E-state index >= 15 is 0 Å². The van der Waals surface area contributed by atoms with Gasteiger partial charge in [0.05, 0.1) is 14.2 Å². The second-order valence-corrected chi connectivity index (χ2v) is 15.2. The molecule has 0 atom stereocenters. The number of benzene rings is 3. The third-order valence-electron chi connectivity index (χ3n) is 8.62. The molecule has 0 saturated carbocycles. The van der Waals surface area contributed by atoms with Gasteiger partial charge in [-0.25, -0.2) is 0 Å². The molecule has 0 N–H and O–H groups in total. The number of ketones is 2. The first-order valence-corrected chi connectivity index (χ1v) is 17.5. The van der Waals surface area contributed by atoms with Gasteiger partial charge in [-0.1, -0.05) is 0 Å². The minimum absolute atomic E-state index is 0.0139. The number of carbonyl (C=O) groups is 2. The average molecular weight is 585 g/mol. The summed E-state index contributed by atoms with van der Waals surface area (Å²) in [5.41, 5.74) is 1.05. The molecule has 3 aromatic carbocycles. The van der Waals surface area contributed by atoms with E-state index in [-0.39, 0.29) is 23.1 Å². The Morgan fingerprint density at radius 1 is 0.524 bits per heavy atom. The van der Waals surface area contributed by atoms with Gasteiger partial charge in [-0.3, -0.25) is 9.59 Å². The molecule has 3 aromatic rings. The Balaban J connectivity index is 1.27. The Labute approximate surface area is 252 Å². The molecular weight excluding hydrogens is 539 g/mol. The van der Waals surface area contributed by atoms with Crippen molar-refractivity contribution in [3.8, 4) is 0 Å². The molecular formula is C37H45O4P. The van der Waals surface area contributed by atoms with Crippen LogP contribution in [0.3, 0.4) is 0 Å². The zero-order chi connectivity index (χ0) is 29.8. The third-order valence-corrected chi connectivity index (χ3v) is 13.7. The van der Waals surface area contributed by atoms with Crippen LogP contribution in [-0.2, 0) is 19.1 Å². The molecule has 0 bridgehead atoms. The minimum atomic E-state index is -2.13. The quantitative estimate of drug-likeness (QED) is 0.102. The fourth-order valence-electron chi connectivity index (χ4n) is 6.35. The number of rotatable bonds is 16. The third kappa shape index (κ3) is 7.10. The van der Waals surface area contributed by atoms with Gasteiger partial charge in [-0.05, 0) is 6.92 Å². The van der Waals surface area contributed by atoms with Gasteiger partial charge in [0.25, 0.3) is 0 Å². The molecule has 4 rings (SSSR count). The Bertz CT molecular complexity index is 1280. The number of Topliss-reactive ketones (excluding diaryl/α,β-unsaturated/α-hetero) is 2. The van der Waals surface area contributed by atoms with Gasteiger partial charge in [-0.2, -0.15) is 0 Å². The van der Waals surface area contributed by atoms with E-state index in [1.165, 1.54) is 68.4 Å². The molecule has 0 spiro atoms. The fourth-order valence-corrected chi connectivity index (χ4v) is 11.3. The summed E-state index contributed by atoms with van der Waals surface area (Å²) in [6, 6.07) is 33.5. The summed E-state index contributed by atoms with van der Waals surface area (Å²) in [4.78, 5) is 25.4. The number of ether oxygens (including phenoxy) is 2. The van der Waals surface area contributed by atoms with Gasteiger partial charge in [0.15, 0.2) is 0 Å². The summed E-state index contributed by atoms with van der Waals surface area (Å²) in [7, 11) is 0.669. The van der Waals surface area contributed by atoms with E-state index in [2.05, 4.69) is 91.0 Å². The van der Waals surface area contributed by atoms with Crippen LogP contribution in [-0.4, -0.2) is 31.9 Å². The predicted octanol–water partition coefficient (Wildman–Crippen LogP) is 7.20. The number of allylic oxidation sites excluding steroid dienone is 2. The van der Waals surface area contributed by atoms with Gasteiger partial charge in [0.1, 0.15) is 0 Å². The van der Waals surface area contributed by atoms with E-state index in [1.54, 1.807) is 6.92 Å². The molecule has 0 radical (unpaired) electrons. The Morgan fingerprint density at radius 3 is 1.33 bits per heavy atom. The summed E-state index contributed by atoms with van der Waals surface area (Å²) in [6.07, 6.45) is 11.0. The van der Waals surface area contributed by atoms with Crippen LogP contribution in [0.1, 0.15) is 64.7 Å². The number of methoxy groups -OCH3 is 2. The van der Waals surface area contributed by atoms with Gasteiger partial charge in [-0.15, -0.1) is 0 Å². The van der Waals surface area contributed by atoms with E-state index < -0.39 is 7.26 Å². The van der Waals surface area contributed by atoms with Crippen LogP contribution in [0.25, 0.3) is 0 Å². The van der Waals surface area contributed by atoms with Gasteiger partial charge >= 0.3 is 195 Å². The van der Waals surface area contributed by atoms with Gasteiger partial charge < -0.3 is 9.47 Å². The molecule has 0 saturated heterocycles. The van der Waals surface area contributed by atoms with Gasteiger partial charge in [0, 0.05) is 0 Å². The molecule has 0 unspecified atom stereocenters. The fraction of sp³-hybridized carbons (Fsp3) is 0.351. The standard InChI is InChI=1S/C37H45O4P/c1-29-33(35(39)37(41-3)36(40-2)34(29)38)27-19-8-6-4-5-7-9-20-28-42(30-21-13-10-14-22-30,31-23-15-11-16-24-31)32-25-17-12-18-26-32/h10-18,21-26,42H,4-9,19-20,27-28H2,1-3H3. The number of unbranched alkanes of at least 4 members (excludes halogenated alkanes) is 7. The van der Waals surface area contributed by atoms with E-state index in [0.29, 0.717) is 17.6 Å². The van der Waals surface area contributed by atoms with E-state index in [0.717, 1.165) is 19.3 Å². The Kier molecular flexibility index (Phi) is 11.7. The summed E-state index contributed by atoms with van der Waals surface area (Å²) in [6.45, 7) is 1.71. The molecule has 0 amide bonds. The summed E-state index contributed by atoms with van der Waals surface area (Å²) >= 11 is 0. The smallest absolute Gasteiger partial charge is 0.285 e. The molecule has 42 heavy (non-hydrogen) atoms. The first-order chi connectivity index (χ1) is 20.5. The second kappa shape index (κ2) is 15.7. The Hall–Kier alpha value is -3.49. The van der Waals surface area contributed by atoms with Crippen molar-refractivity contribution in [2.45, 2.75) is 64.7 Å². The molecule has 1 aliphatic rings. The average Bonchev–Trinajstić information content (AvgIpc) is 3.04. The van der Waals surface area contributed by atoms with Crippen molar-refractivity contribution in [2.75, 3.05) is 20.4 Å². The summed E-state index contributed by atoms with van der Waals surface area (Å²) in [5.74, 6) is -0.419. The molecule has 0 fully saturated rings. The SMILES string of the molecule is COC1=C(OC)C(=O)C(CCCCCCCCCC[PH](c2ccccc2)(c2ccccc2)c2ccccc2)=C(C)C1=O. The van der Waals surface area contributed by atoms with Crippen molar-refractivity contribution >= 4 is 34.7 Å². The first-order valence-electron chi connectivity index (χ1n) is 15.3. The minimum Gasteiger partial charge on any atom is -0.285 e. The molecule has 222 valence electrons. The van der Waals surface area contributed by atoms with Crippen molar-refractivity contribution < 1.29 is 19.1 Å². The van der Waals surface area contributed by atoms with Crippen LogP contribution >= 0.6 is 7.26 Å². The summed E-state index contributed by atoms with van der Waals surface area (Å²) in [5, 5.41) is 4.45. The molecule has 0 aliphatic heterocycles. The van der Waals surface area contributed by atoms with Crippen molar-refractivity contribution in [1.29, 1.82) is 0 Å². The zero-order valence-electron chi connectivity index (χ0n) is 25.4. The maximum atomic E-state index is 12.8. The van der Waals surface area contributed by atoms with Crippen LogP contribution in [0.4, 0.5) is 0 Å². The molecule has 5 heteroatoms. The van der Waals surface area contributed by atoms with Crippen LogP contribution in [0, 0.1) is 0 Å². The van der Waals surface area contributed by atoms with Crippen molar-refractivity contribution in [1.82, 2.24) is 0 Å². The number of hydrogen-bond acceptors (Lipinski definition) is 4. The van der Waals surface area contributed by atoms with Crippen molar-refractivity contribution in [3.05, 3.63) is 114 Å². The number of hydrogen-bond donors (Lipinski definition) is 0. The second-order valence-electron chi connectivity index (χ2n) is 11.2. The normalized spacial score (nSPS) is 14.4. The van der Waals surface area contributed by atoms with E-state index in [1.807, 2.05) is 0 Å². The molecule has 0 heterocycles. The number of carbonyl (C=O) groups excluding carboxylic acids is 2. The van der Waals surface area contributed by atoms with Gasteiger partial charge in [0.2, 0.25) is 17.3 Å². The maximum absolute atomic E-state index is 12.8. The predicted molar refractivity (Wildman–Crippen MR) is 177 cm³/mol. The molecule has 4 nitrogen and oxygen atoms in total. The zero-order valence-corrected chi connectivity index (χ0v) is 26.4. The van der Waals surface area contributed by atoms with Crippen LogP contribution in [0.2, 0.25) is 0 Å². The molecule has 0 aromatic heterocycles. The Morgan fingerprint density at radius 2 is 0.905 bits per heavy atom. The molecule has 1 aliphatic carbocycles. The monoisotopic (exact) mass is 584 g/mol. The van der Waals surface area contributed by atoms with E-state index in [9.17, 15) is 9.59 Å². The summed E-state index contributed by atoms with van der Waals surface area (Å²) < 4.78 is 10.3. The van der Waals surface area contributed by atoms with Crippen molar-refractivity contribution in [3.63, 3.8) is 0 Å². The first kappa shape index (κ1) is 31.4.